The molecule has 9 nitrogen and oxygen atoms in total. The van der Waals surface area contributed by atoms with E-state index in [4.69, 9.17) is 4.74 Å². The first-order valence-corrected chi connectivity index (χ1v) is 12.3. The molecule has 0 amide bonds. The Hall–Kier alpha value is -2.27. The zero-order chi connectivity index (χ0) is 21.2. The first kappa shape index (κ1) is 19.4. The molecule has 2 aromatic heterocycles. The maximum Gasteiger partial charge on any atom is 0.241 e. The van der Waals surface area contributed by atoms with Gasteiger partial charge in [0.15, 0.2) is 0 Å². The Balaban J connectivity index is 1.39. The molecule has 1 aromatic carbocycles. The summed E-state index contributed by atoms with van der Waals surface area (Å²) >= 11 is 0. The second-order valence-corrected chi connectivity index (χ2v) is 10.8. The summed E-state index contributed by atoms with van der Waals surface area (Å²) in [5.74, 6) is 0.890. The minimum atomic E-state index is -3.56. The average molecular weight is 443 g/mol. The number of nitrogens with one attached hydrogen (secondary N) is 2. The highest BCUT2D eigenvalue weighted by molar-refractivity contribution is 7.89. The Bertz CT molecular complexity index is 1270. The van der Waals surface area contributed by atoms with Crippen LogP contribution < -0.4 is 9.62 Å². The number of ether oxygens (including phenoxy) is 1. The van der Waals surface area contributed by atoms with Gasteiger partial charge in [-0.25, -0.2) is 23.1 Å². The molecule has 10 heteroatoms. The molecule has 3 aromatic rings. The minimum Gasteiger partial charge on any atom is -0.378 e. The van der Waals surface area contributed by atoms with E-state index in [0.717, 1.165) is 80.0 Å². The number of nitrogens with zero attached hydrogens (tertiary/aromatic N) is 4. The summed E-state index contributed by atoms with van der Waals surface area (Å²) < 4.78 is 34.1. The van der Waals surface area contributed by atoms with Crippen LogP contribution in [0.25, 0.3) is 21.9 Å². The molecule has 0 bridgehead atoms. The van der Waals surface area contributed by atoms with Gasteiger partial charge in [-0.1, -0.05) is 6.07 Å². The van der Waals surface area contributed by atoms with Gasteiger partial charge < -0.3 is 14.6 Å². The number of piperazine rings is 1. The summed E-state index contributed by atoms with van der Waals surface area (Å²) in [4.78, 5) is 17.4. The van der Waals surface area contributed by atoms with Crippen molar-refractivity contribution in [1.82, 2.24) is 24.6 Å². The van der Waals surface area contributed by atoms with Crippen LogP contribution in [0.5, 0.6) is 0 Å². The Morgan fingerprint density at radius 2 is 2.10 bits per heavy atom. The summed E-state index contributed by atoms with van der Waals surface area (Å²) in [5.41, 5.74) is 1.16. The summed E-state index contributed by atoms with van der Waals surface area (Å²) in [5, 5.41) is 1.87. The lowest BCUT2D eigenvalue weighted by Crippen LogP contribution is -2.58. The fraction of sp³-hybridized carbons (Fsp3) is 0.524. The Labute approximate surface area is 180 Å². The predicted molar refractivity (Wildman–Crippen MR) is 118 cm³/mol. The minimum absolute atomic E-state index is 0.266. The standard InChI is InChI=1S/C21H26N6O3S/c1-21(4-5-21)25-31(28,29)15-2-3-16-17(10-15)24-19-18(16)20(23-13-22-19)27-7-6-26-8-9-30-12-14(26)11-27/h2-3,10,13-14,25H,4-9,11-12H2,1H3,(H,22,23,24). The van der Waals surface area contributed by atoms with E-state index in [0.29, 0.717) is 6.04 Å². The van der Waals surface area contributed by atoms with Crippen LogP contribution in [0.2, 0.25) is 0 Å². The second kappa shape index (κ2) is 6.86. The van der Waals surface area contributed by atoms with E-state index in [1.54, 1.807) is 18.5 Å². The van der Waals surface area contributed by atoms with E-state index >= 15 is 0 Å². The van der Waals surface area contributed by atoms with Crippen molar-refractivity contribution < 1.29 is 13.2 Å². The molecule has 0 spiro atoms. The van der Waals surface area contributed by atoms with Gasteiger partial charge in [0.05, 0.1) is 29.5 Å². The quantitative estimate of drug-likeness (QED) is 0.631. The van der Waals surface area contributed by atoms with Crippen LogP contribution in [0.15, 0.2) is 29.4 Å². The van der Waals surface area contributed by atoms with Crippen molar-refractivity contribution in [2.24, 2.45) is 0 Å². The highest BCUT2D eigenvalue weighted by Crippen LogP contribution is 2.37. The third-order valence-electron chi connectivity index (χ3n) is 6.77. The molecule has 2 saturated heterocycles. The van der Waals surface area contributed by atoms with Crippen LogP contribution in [0.3, 0.4) is 0 Å². The number of rotatable bonds is 4. The van der Waals surface area contributed by atoms with E-state index in [2.05, 4.69) is 29.5 Å². The van der Waals surface area contributed by atoms with Crippen molar-refractivity contribution in [3.05, 3.63) is 24.5 Å². The summed E-state index contributed by atoms with van der Waals surface area (Å²) in [6.07, 6.45) is 3.32. The Morgan fingerprint density at radius 3 is 2.94 bits per heavy atom. The van der Waals surface area contributed by atoms with Crippen molar-refractivity contribution in [3.8, 4) is 0 Å². The number of hydrogen-bond donors (Lipinski definition) is 2. The van der Waals surface area contributed by atoms with Gasteiger partial charge >= 0.3 is 0 Å². The van der Waals surface area contributed by atoms with Gasteiger partial charge in [0, 0.05) is 42.6 Å². The van der Waals surface area contributed by atoms with Crippen molar-refractivity contribution in [3.63, 3.8) is 0 Å². The first-order chi connectivity index (χ1) is 14.9. The molecule has 1 atom stereocenters. The van der Waals surface area contributed by atoms with Gasteiger partial charge in [0.25, 0.3) is 0 Å². The predicted octanol–water partition coefficient (Wildman–Crippen LogP) is 1.46. The highest BCUT2D eigenvalue weighted by atomic mass is 32.2. The van der Waals surface area contributed by atoms with Gasteiger partial charge in [0.2, 0.25) is 10.0 Å². The normalized spacial score (nSPS) is 23.9. The van der Waals surface area contributed by atoms with Crippen LogP contribution in [0, 0.1) is 0 Å². The highest BCUT2D eigenvalue weighted by Gasteiger charge is 2.41. The number of fused-ring (bicyclic) bond motifs is 4. The molecule has 6 rings (SSSR count). The maximum absolute atomic E-state index is 12.8. The lowest BCUT2D eigenvalue weighted by molar-refractivity contribution is -0.0117. The van der Waals surface area contributed by atoms with Crippen molar-refractivity contribution in [2.75, 3.05) is 44.3 Å². The number of aromatic nitrogens is 3. The number of benzene rings is 1. The first-order valence-electron chi connectivity index (χ1n) is 10.8. The zero-order valence-corrected chi connectivity index (χ0v) is 18.3. The maximum atomic E-state index is 12.8. The average Bonchev–Trinajstić information content (AvgIpc) is 3.36. The monoisotopic (exact) mass is 442 g/mol. The smallest absolute Gasteiger partial charge is 0.241 e. The van der Waals surface area contributed by atoms with E-state index in [9.17, 15) is 8.42 Å². The molecular weight excluding hydrogens is 416 g/mol. The van der Waals surface area contributed by atoms with Crippen LogP contribution in [0.4, 0.5) is 5.82 Å². The number of H-pyrrole nitrogens is 1. The third-order valence-corrected chi connectivity index (χ3v) is 8.41. The van der Waals surface area contributed by atoms with Gasteiger partial charge in [-0.05, 0) is 31.9 Å². The molecule has 3 aliphatic rings. The van der Waals surface area contributed by atoms with Crippen molar-refractivity contribution in [1.29, 1.82) is 0 Å². The molecule has 1 saturated carbocycles. The van der Waals surface area contributed by atoms with Crippen LogP contribution in [0.1, 0.15) is 19.8 Å². The summed E-state index contributed by atoms with van der Waals surface area (Å²) in [7, 11) is -3.56. The second-order valence-electron chi connectivity index (χ2n) is 9.13. The van der Waals surface area contributed by atoms with E-state index in [1.165, 1.54) is 0 Å². The van der Waals surface area contributed by atoms with Crippen molar-refractivity contribution >= 4 is 37.8 Å². The molecule has 4 heterocycles. The number of sulfonamides is 1. The zero-order valence-electron chi connectivity index (χ0n) is 17.5. The Morgan fingerprint density at radius 1 is 1.23 bits per heavy atom. The fourth-order valence-electron chi connectivity index (χ4n) is 4.71. The third kappa shape index (κ3) is 3.38. The van der Waals surface area contributed by atoms with Crippen LogP contribution in [-0.2, 0) is 14.8 Å². The van der Waals surface area contributed by atoms with Gasteiger partial charge in [-0.3, -0.25) is 4.90 Å². The van der Waals surface area contributed by atoms with Crippen molar-refractivity contribution in [2.45, 2.75) is 36.2 Å². The molecule has 0 radical (unpaired) electrons. The molecule has 31 heavy (non-hydrogen) atoms. The van der Waals surface area contributed by atoms with Gasteiger partial charge in [-0.15, -0.1) is 0 Å². The molecule has 164 valence electrons. The molecule has 1 aliphatic carbocycles. The molecular formula is C21H26N6O3S. The number of morpholine rings is 1. The lowest BCUT2D eigenvalue weighted by atomic mass is 10.1. The van der Waals surface area contributed by atoms with E-state index < -0.39 is 10.0 Å². The summed E-state index contributed by atoms with van der Waals surface area (Å²) in [6.45, 7) is 7.19. The largest absolute Gasteiger partial charge is 0.378 e. The van der Waals surface area contributed by atoms with E-state index in [-0.39, 0.29) is 10.4 Å². The van der Waals surface area contributed by atoms with Crippen LogP contribution in [-0.4, -0.2) is 79.2 Å². The fourth-order valence-corrected chi connectivity index (χ4v) is 6.20. The number of aromatic amines is 1. The topological polar surface area (TPSA) is 103 Å². The van der Waals surface area contributed by atoms with Gasteiger partial charge in [-0.2, -0.15) is 0 Å². The molecule has 3 fully saturated rings. The summed E-state index contributed by atoms with van der Waals surface area (Å²) in [6, 6.07) is 5.60. The Kier molecular flexibility index (Phi) is 4.30. The molecule has 2 aliphatic heterocycles. The lowest BCUT2D eigenvalue weighted by Gasteiger charge is -2.44. The molecule has 2 N–H and O–H groups in total. The molecule has 1 unspecified atom stereocenters. The number of hydrogen-bond acceptors (Lipinski definition) is 7. The van der Waals surface area contributed by atoms with Crippen LogP contribution >= 0.6 is 0 Å². The van der Waals surface area contributed by atoms with Gasteiger partial charge in [0.1, 0.15) is 17.8 Å². The number of anilines is 1. The SMILES string of the molecule is CC1(NS(=O)(=O)c2ccc3c(c2)[nH]c2ncnc(N4CCN5CCOCC5C4)c23)CC1. The van der Waals surface area contributed by atoms with E-state index in [1.807, 2.05) is 13.0 Å².